The first kappa shape index (κ1) is 11.5. The Bertz CT molecular complexity index is 675. The highest BCUT2D eigenvalue weighted by Crippen LogP contribution is 2.15. The number of imidazole rings is 1. The van der Waals surface area contributed by atoms with Crippen molar-refractivity contribution in [2.45, 2.75) is 6.54 Å². The van der Waals surface area contributed by atoms with Gasteiger partial charge in [0.2, 0.25) is 0 Å². The predicted molar refractivity (Wildman–Crippen MR) is 74.2 cm³/mol. The first-order valence-electron chi connectivity index (χ1n) is 6.01. The average Bonchev–Trinajstić information content (AvgIpc) is 2.93. The third-order valence-electron chi connectivity index (χ3n) is 2.93. The van der Waals surface area contributed by atoms with Gasteiger partial charge < -0.3 is 15.0 Å². The summed E-state index contributed by atoms with van der Waals surface area (Å²) in [5.41, 5.74) is 3.80. The fraction of sp³-hybridized carbons (Fsp3) is 0.143. The van der Waals surface area contributed by atoms with Crippen LogP contribution in [-0.2, 0) is 6.54 Å². The summed E-state index contributed by atoms with van der Waals surface area (Å²) in [5.74, 6) is 0.864. The van der Waals surface area contributed by atoms with E-state index >= 15 is 0 Å². The highest BCUT2D eigenvalue weighted by molar-refractivity contribution is 5.73. The van der Waals surface area contributed by atoms with E-state index < -0.39 is 0 Å². The molecule has 0 aliphatic rings. The molecule has 19 heavy (non-hydrogen) atoms. The van der Waals surface area contributed by atoms with Gasteiger partial charge in [-0.3, -0.25) is 0 Å². The predicted octanol–water partition coefficient (Wildman–Crippen LogP) is 2.58. The molecule has 1 aromatic carbocycles. The summed E-state index contributed by atoms with van der Waals surface area (Å²) in [6, 6.07) is 9.94. The second-order valence-electron chi connectivity index (χ2n) is 4.20. The van der Waals surface area contributed by atoms with Crippen LogP contribution in [0.1, 0.15) is 5.56 Å². The van der Waals surface area contributed by atoms with Gasteiger partial charge in [0.05, 0.1) is 25.3 Å². The zero-order valence-corrected chi connectivity index (χ0v) is 10.6. The summed E-state index contributed by atoms with van der Waals surface area (Å²) in [6.45, 7) is 0.738. The molecule has 5 heteroatoms. The number of fused-ring (bicyclic) bond motifs is 1. The van der Waals surface area contributed by atoms with Gasteiger partial charge in [0.1, 0.15) is 11.3 Å². The minimum absolute atomic E-state index is 0.738. The Hall–Kier alpha value is -2.56. The number of pyridine rings is 1. The van der Waals surface area contributed by atoms with Crippen molar-refractivity contribution >= 4 is 16.9 Å². The molecule has 0 unspecified atom stereocenters. The smallest absolute Gasteiger partial charge is 0.157 e. The number of aromatic nitrogens is 3. The molecule has 5 nitrogen and oxygen atoms in total. The van der Waals surface area contributed by atoms with E-state index in [1.165, 1.54) is 5.56 Å². The van der Waals surface area contributed by atoms with Gasteiger partial charge in [0.25, 0.3) is 0 Å². The molecule has 0 spiro atoms. The molecule has 0 radical (unpaired) electrons. The molecule has 3 rings (SSSR count). The summed E-state index contributed by atoms with van der Waals surface area (Å²) >= 11 is 0. The molecule has 2 aromatic heterocycles. The number of aromatic amines is 1. The molecular formula is C14H14N4O. The molecule has 0 aliphatic carbocycles. The Morgan fingerprint density at radius 2 is 2.05 bits per heavy atom. The molecule has 2 heterocycles. The molecule has 96 valence electrons. The van der Waals surface area contributed by atoms with E-state index in [4.69, 9.17) is 4.74 Å². The van der Waals surface area contributed by atoms with E-state index in [1.807, 2.05) is 30.3 Å². The largest absolute Gasteiger partial charge is 0.497 e. The van der Waals surface area contributed by atoms with Crippen LogP contribution in [0.5, 0.6) is 5.75 Å². The molecular weight excluding hydrogens is 240 g/mol. The number of ether oxygens (including phenoxy) is 1. The minimum Gasteiger partial charge on any atom is -0.497 e. The zero-order valence-electron chi connectivity index (χ0n) is 10.6. The van der Waals surface area contributed by atoms with Crippen molar-refractivity contribution in [1.82, 2.24) is 15.0 Å². The van der Waals surface area contributed by atoms with E-state index in [1.54, 1.807) is 19.6 Å². The van der Waals surface area contributed by atoms with Crippen molar-refractivity contribution in [1.29, 1.82) is 0 Å². The average molecular weight is 254 g/mol. The van der Waals surface area contributed by atoms with E-state index in [9.17, 15) is 0 Å². The van der Waals surface area contributed by atoms with Crippen LogP contribution in [-0.4, -0.2) is 22.1 Å². The second kappa shape index (κ2) is 4.97. The van der Waals surface area contributed by atoms with Gasteiger partial charge in [0.15, 0.2) is 5.65 Å². The van der Waals surface area contributed by atoms with Crippen molar-refractivity contribution in [3.63, 3.8) is 0 Å². The number of nitrogens with one attached hydrogen (secondary N) is 2. The van der Waals surface area contributed by atoms with Crippen LogP contribution in [0.2, 0.25) is 0 Å². The minimum atomic E-state index is 0.738. The quantitative estimate of drug-likeness (QED) is 0.751. The molecule has 0 saturated carbocycles. The lowest BCUT2D eigenvalue weighted by Gasteiger charge is -2.07. The Labute approximate surface area is 110 Å². The number of H-pyrrole nitrogens is 1. The second-order valence-corrected chi connectivity index (χ2v) is 4.20. The summed E-state index contributed by atoms with van der Waals surface area (Å²) in [5, 5.41) is 3.32. The number of hydrogen-bond acceptors (Lipinski definition) is 4. The fourth-order valence-corrected chi connectivity index (χ4v) is 1.87. The molecule has 0 bridgehead atoms. The Kier molecular flexibility index (Phi) is 3.02. The molecule has 0 atom stereocenters. The van der Waals surface area contributed by atoms with Gasteiger partial charge in [-0.2, -0.15) is 0 Å². The Morgan fingerprint density at radius 1 is 1.21 bits per heavy atom. The molecule has 3 aromatic rings. The lowest BCUT2D eigenvalue weighted by molar-refractivity contribution is 0.414. The molecule has 2 N–H and O–H groups in total. The first-order chi connectivity index (χ1) is 9.35. The van der Waals surface area contributed by atoms with Gasteiger partial charge in [-0.15, -0.1) is 0 Å². The summed E-state index contributed by atoms with van der Waals surface area (Å²) in [7, 11) is 1.66. The van der Waals surface area contributed by atoms with Gasteiger partial charge in [-0.25, -0.2) is 9.97 Å². The standard InChI is InChI=1S/C14H14N4O/c1-19-12-4-2-10(3-5-12)7-15-11-6-13-14(16-8-11)18-9-17-13/h2-6,8-9,15H,7H2,1H3,(H,16,17,18). The van der Waals surface area contributed by atoms with Crippen molar-refractivity contribution < 1.29 is 4.74 Å². The van der Waals surface area contributed by atoms with Crippen molar-refractivity contribution in [3.05, 3.63) is 48.4 Å². The molecule has 0 saturated heterocycles. The van der Waals surface area contributed by atoms with Crippen LogP contribution in [0.15, 0.2) is 42.9 Å². The van der Waals surface area contributed by atoms with Crippen molar-refractivity contribution in [3.8, 4) is 5.75 Å². The summed E-state index contributed by atoms with van der Waals surface area (Å²) in [4.78, 5) is 11.4. The highest BCUT2D eigenvalue weighted by atomic mass is 16.5. The van der Waals surface area contributed by atoms with Gasteiger partial charge >= 0.3 is 0 Å². The van der Waals surface area contributed by atoms with Gasteiger partial charge in [-0.05, 0) is 23.8 Å². The summed E-state index contributed by atoms with van der Waals surface area (Å²) < 4.78 is 5.13. The zero-order chi connectivity index (χ0) is 13.1. The lowest BCUT2D eigenvalue weighted by atomic mass is 10.2. The highest BCUT2D eigenvalue weighted by Gasteiger charge is 2.00. The SMILES string of the molecule is COc1ccc(CNc2cnc3[nH]cnc3c2)cc1. The van der Waals surface area contributed by atoms with Crippen LogP contribution in [0.3, 0.4) is 0 Å². The van der Waals surface area contributed by atoms with E-state index in [0.717, 1.165) is 29.1 Å². The van der Waals surface area contributed by atoms with E-state index in [-0.39, 0.29) is 0 Å². The first-order valence-corrected chi connectivity index (χ1v) is 6.01. The normalized spacial score (nSPS) is 10.6. The van der Waals surface area contributed by atoms with Crippen molar-refractivity contribution in [2.24, 2.45) is 0 Å². The molecule has 0 fully saturated rings. The van der Waals surface area contributed by atoms with Gasteiger partial charge in [-0.1, -0.05) is 12.1 Å². The maximum atomic E-state index is 5.13. The maximum absolute atomic E-state index is 5.13. The van der Waals surface area contributed by atoms with Crippen molar-refractivity contribution in [2.75, 3.05) is 12.4 Å². The van der Waals surface area contributed by atoms with Crippen LogP contribution in [0, 0.1) is 0 Å². The van der Waals surface area contributed by atoms with Crippen LogP contribution >= 0.6 is 0 Å². The van der Waals surface area contributed by atoms with E-state index in [0.29, 0.717) is 0 Å². The van der Waals surface area contributed by atoms with Crippen LogP contribution < -0.4 is 10.1 Å². The van der Waals surface area contributed by atoms with Crippen LogP contribution in [0.25, 0.3) is 11.2 Å². The number of hydrogen-bond donors (Lipinski definition) is 2. The number of benzene rings is 1. The number of anilines is 1. The molecule has 0 amide bonds. The van der Waals surface area contributed by atoms with E-state index in [2.05, 4.69) is 20.3 Å². The maximum Gasteiger partial charge on any atom is 0.157 e. The monoisotopic (exact) mass is 254 g/mol. The third kappa shape index (κ3) is 2.49. The summed E-state index contributed by atoms with van der Waals surface area (Å²) in [6.07, 6.45) is 3.44. The molecule has 0 aliphatic heterocycles. The lowest BCUT2D eigenvalue weighted by Crippen LogP contribution is -1.99. The number of nitrogens with zero attached hydrogens (tertiary/aromatic N) is 2. The number of methoxy groups -OCH3 is 1. The van der Waals surface area contributed by atoms with Crippen LogP contribution in [0.4, 0.5) is 5.69 Å². The Morgan fingerprint density at radius 3 is 2.84 bits per heavy atom. The Balaban J connectivity index is 1.70. The third-order valence-corrected chi connectivity index (χ3v) is 2.93. The topological polar surface area (TPSA) is 62.8 Å². The number of rotatable bonds is 4. The van der Waals surface area contributed by atoms with Gasteiger partial charge in [0, 0.05) is 6.54 Å². The fourth-order valence-electron chi connectivity index (χ4n) is 1.87.